The lowest BCUT2D eigenvalue weighted by atomic mass is 10.0. The number of nitrogens with one attached hydrogen (secondary N) is 2. The first-order chi connectivity index (χ1) is 14.7. The van der Waals surface area contributed by atoms with Gasteiger partial charge in [-0.25, -0.2) is 17.8 Å². The van der Waals surface area contributed by atoms with Crippen LogP contribution in [0.4, 0.5) is 4.39 Å². The molecule has 1 amide bonds. The van der Waals surface area contributed by atoms with Gasteiger partial charge in [-0.2, -0.15) is 4.72 Å². The highest BCUT2D eigenvalue weighted by molar-refractivity contribution is 7.89. The van der Waals surface area contributed by atoms with Gasteiger partial charge in [0.05, 0.1) is 13.2 Å². The molecule has 10 heteroatoms. The van der Waals surface area contributed by atoms with Gasteiger partial charge in [-0.1, -0.05) is 30.3 Å². The van der Waals surface area contributed by atoms with E-state index in [1.807, 2.05) is 0 Å². The maximum atomic E-state index is 13.9. The van der Waals surface area contributed by atoms with Crippen molar-refractivity contribution in [3.05, 3.63) is 78.1 Å². The summed E-state index contributed by atoms with van der Waals surface area (Å²) >= 11 is 0. The smallest absolute Gasteiger partial charge is 0.244 e. The van der Waals surface area contributed by atoms with E-state index in [0.717, 1.165) is 12.1 Å². The van der Waals surface area contributed by atoms with Gasteiger partial charge in [0, 0.05) is 25.0 Å². The van der Waals surface area contributed by atoms with Crippen LogP contribution in [0.3, 0.4) is 0 Å². The Labute approximate surface area is 180 Å². The quantitative estimate of drug-likeness (QED) is 0.552. The molecule has 0 bridgehead atoms. The van der Waals surface area contributed by atoms with Gasteiger partial charge in [0.2, 0.25) is 15.9 Å². The number of hydrogen-bond donors (Lipinski definition) is 2. The molecule has 31 heavy (non-hydrogen) atoms. The number of amides is 1. The predicted molar refractivity (Wildman–Crippen MR) is 112 cm³/mol. The topological polar surface area (TPSA) is 102 Å². The van der Waals surface area contributed by atoms with Crippen LogP contribution in [0, 0.1) is 5.82 Å². The van der Waals surface area contributed by atoms with Gasteiger partial charge in [-0.3, -0.25) is 4.79 Å². The number of rotatable bonds is 8. The molecule has 0 radical (unpaired) electrons. The molecule has 0 saturated carbocycles. The van der Waals surface area contributed by atoms with Gasteiger partial charge in [-0.05, 0) is 25.1 Å². The number of sulfonamides is 1. The Morgan fingerprint density at radius 1 is 1.16 bits per heavy atom. The number of hydrogen-bond acceptors (Lipinski definition) is 5. The molecule has 2 atom stereocenters. The normalized spacial score (nSPS) is 13.4. The zero-order valence-electron chi connectivity index (χ0n) is 17.2. The van der Waals surface area contributed by atoms with E-state index in [9.17, 15) is 17.6 Å². The third-order valence-electron chi connectivity index (χ3n) is 4.70. The van der Waals surface area contributed by atoms with E-state index in [0.29, 0.717) is 17.1 Å². The monoisotopic (exact) mass is 446 g/mol. The molecule has 2 aromatic carbocycles. The van der Waals surface area contributed by atoms with Crippen LogP contribution in [0.25, 0.3) is 0 Å². The fourth-order valence-corrected chi connectivity index (χ4v) is 4.40. The standard InChI is InChI=1S/C21H23FN4O4S/c1-14(25-31(28,29)18-11-7-5-9-16(18)22)21(27)24-19(20-23-12-13-26(20)2)15-8-4-6-10-17(15)30-3/h4-14,19,25H,1-3H3,(H,24,27)/t14-,19-/m1/s1. The molecule has 0 aliphatic heterocycles. The largest absolute Gasteiger partial charge is 0.496 e. The van der Waals surface area contributed by atoms with E-state index in [-0.39, 0.29) is 0 Å². The Morgan fingerprint density at radius 3 is 2.48 bits per heavy atom. The first kappa shape index (κ1) is 22.4. The average Bonchev–Trinajstić information content (AvgIpc) is 3.17. The Hall–Kier alpha value is -3.24. The molecule has 3 rings (SSSR count). The Balaban J connectivity index is 1.87. The minimum atomic E-state index is -4.24. The van der Waals surface area contributed by atoms with Crippen molar-refractivity contribution in [3.8, 4) is 5.75 Å². The van der Waals surface area contributed by atoms with Crippen molar-refractivity contribution in [2.24, 2.45) is 7.05 Å². The number of carbonyl (C=O) groups excluding carboxylic acids is 1. The van der Waals surface area contributed by atoms with Crippen LogP contribution in [0.5, 0.6) is 5.75 Å². The van der Waals surface area contributed by atoms with Crippen LogP contribution in [-0.2, 0) is 21.9 Å². The minimum absolute atomic E-state index is 0.528. The van der Waals surface area contributed by atoms with Gasteiger partial charge >= 0.3 is 0 Å². The van der Waals surface area contributed by atoms with E-state index < -0.39 is 38.7 Å². The molecule has 2 N–H and O–H groups in total. The lowest BCUT2D eigenvalue weighted by Crippen LogP contribution is -2.46. The summed E-state index contributed by atoms with van der Waals surface area (Å²) in [4.78, 5) is 16.7. The Bertz CT molecular complexity index is 1180. The van der Waals surface area contributed by atoms with Crippen molar-refractivity contribution in [3.63, 3.8) is 0 Å². The summed E-state index contributed by atoms with van der Waals surface area (Å²) in [5.74, 6) is -0.446. The number of nitrogens with zero attached hydrogens (tertiary/aromatic N) is 2. The fourth-order valence-electron chi connectivity index (χ4n) is 3.12. The van der Waals surface area contributed by atoms with Crippen molar-refractivity contribution < 1.29 is 22.3 Å². The van der Waals surface area contributed by atoms with Crippen molar-refractivity contribution in [1.82, 2.24) is 19.6 Å². The number of ether oxygens (including phenoxy) is 1. The molecular formula is C21H23FN4O4S. The summed E-state index contributed by atoms with van der Waals surface area (Å²) < 4.78 is 48.4. The molecule has 0 spiro atoms. The van der Waals surface area contributed by atoms with E-state index in [2.05, 4.69) is 15.0 Å². The third-order valence-corrected chi connectivity index (χ3v) is 6.28. The summed E-state index contributed by atoms with van der Waals surface area (Å²) in [6.07, 6.45) is 3.32. The molecule has 0 unspecified atom stereocenters. The van der Waals surface area contributed by atoms with Crippen LogP contribution < -0.4 is 14.8 Å². The molecule has 8 nitrogen and oxygen atoms in total. The second-order valence-corrected chi connectivity index (χ2v) is 8.54. The van der Waals surface area contributed by atoms with Gasteiger partial charge in [0.1, 0.15) is 28.3 Å². The van der Waals surface area contributed by atoms with Crippen molar-refractivity contribution in [2.75, 3.05) is 7.11 Å². The number of aryl methyl sites for hydroxylation is 1. The molecule has 164 valence electrons. The van der Waals surface area contributed by atoms with Crippen LogP contribution >= 0.6 is 0 Å². The second kappa shape index (κ2) is 9.27. The van der Waals surface area contributed by atoms with Gasteiger partial charge in [-0.15, -0.1) is 0 Å². The molecule has 1 heterocycles. The van der Waals surface area contributed by atoms with Crippen molar-refractivity contribution in [2.45, 2.75) is 23.9 Å². The minimum Gasteiger partial charge on any atom is -0.496 e. The van der Waals surface area contributed by atoms with Crippen molar-refractivity contribution in [1.29, 1.82) is 0 Å². The molecule has 1 aromatic heterocycles. The first-order valence-electron chi connectivity index (χ1n) is 9.42. The van der Waals surface area contributed by atoms with Crippen LogP contribution in [0.2, 0.25) is 0 Å². The number of para-hydroxylation sites is 1. The number of aromatic nitrogens is 2. The van der Waals surface area contributed by atoms with E-state index in [1.54, 1.807) is 48.3 Å². The first-order valence-corrected chi connectivity index (χ1v) is 10.9. The van der Waals surface area contributed by atoms with E-state index in [4.69, 9.17) is 4.74 Å². The van der Waals surface area contributed by atoms with E-state index in [1.165, 1.54) is 26.2 Å². The summed E-state index contributed by atoms with van der Waals surface area (Å²) in [5, 5.41) is 2.82. The Kier molecular flexibility index (Phi) is 6.71. The highest BCUT2D eigenvalue weighted by Gasteiger charge is 2.29. The fraction of sp³-hybridized carbons (Fsp3) is 0.238. The molecule has 3 aromatic rings. The summed E-state index contributed by atoms with van der Waals surface area (Å²) in [6, 6.07) is 10.2. The molecule has 0 saturated heterocycles. The molecule has 0 aliphatic rings. The van der Waals surface area contributed by atoms with Crippen LogP contribution in [0.15, 0.2) is 65.8 Å². The highest BCUT2D eigenvalue weighted by atomic mass is 32.2. The number of methoxy groups -OCH3 is 1. The number of carbonyl (C=O) groups is 1. The van der Waals surface area contributed by atoms with E-state index >= 15 is 0 Å². The van der Waals surface area contributed by atoms with Crippen LogP contribution in [0.1, 0.15) is 24.4 Å². The van der Waals surface area contributed by atoms with Crippen LogP contribution in [-0.4, -0.2) is 37.0 Å². The SMILES string of the molecule is COc1ccccc1[C@@H](NC(=O)[C@@H](C)NS(=O)(=O)c1ccccc1F)c1nccn1C. The maximum absolute atomic E-state index is 13.9. The predicted octanol–water partition coefficient (Wildman–Crippen LogP) is 2.14. The average molecular weight is 447 g/mol. The summed E-state index contributed by atoms with van der Waals surface area (Å²) in [5.41, 5.74) is 0.650. The second-order valence-electron chi connectivity index (χ2n) is 6.85. The number of benzene rings is 2. The molecule has 0 aliphatic carbocycles. The van der Waals surface area contributed by atoms with Gasteiger partial charge in [0.15, 0.2) is 0 Å². The highest BCUT2D eigenvalue weighted by Crippen LogP contribution is 2.29. The van der Waals surface area contributed by atoms with Gasteiger partial charge in [0.25, 0.3) is 0 Å². The molecular weight excluding hydrogens is 423 g/mol. The summed E-state index contributed by atoms with van der Waals surface area (Å²) in [6.45, 7) is 1.38. The lowest BCUT2D eigenvalue weighted by molar-refractivity contribution is -0.122. The van der Waals surface area contributed by atoms with Crippen molar-refractivity contribution >= 4 is 15.9 Å². The third kappa shape index (κ3) is 4.92. The summed E-state index contributed by atoms with van der Waals surface area (Å²) in [7, 11) is -0.948. The number of halogens is 1. The molecule has 0 fully saturated rings. The zero-order chi connectivity index (χ0) is 22.6. The van der Waals surface area contributed by atoms with Gasteiger partial charge < -0.3 is 14.6 Å². The number of imidazole rings is 1. The Morgan fingerprint density at radius 2 is 1.84 bits per heavy atom. The lowest BCUT2D eigenvalue weighted by Gasteiger charge is -2.23. The maximum Gasteiger partial charge on any atom is 0.244 e. The zero-order valence-corrected chi connectivity index (χ0v) is 18.1.